The molecule has 1 aliphatic heterocycles. The molecule has 1 saturated heterocycles. The molecule has 15 heavy (non-hydrogen) atoms. The van der Waals surface area contributed by atoms with Crippen LogP contribution in [0.3, 0.4) is 0 Å². The number of aliphatic hydroxyl groups is 1. The summed E-state index contributed by atoms with van der Waals surface area (Å²) >= 11 is 0. The molecule has 1 N–H and O–H groups in total. The summed E-state index contributed by atoms with van der Waals surface area (Å²) < 4.78 is 5.72. The molecular weight excluding hydrogens is 188 g/mol. The van der Waals surface area contributed by atoms with Gasteiger partial charge < -0.3 is 9.84 Å². The molecule has 2 heteroatoms. The van der Waals surface area contributed by atoms with Crippen molar-refractivity contribution in [3.05, 3.63) is 34.9 Å². The Kier molecular flexibility index (Phi) is 3.08. The van der Waals surface area contributed by atoms with E-state index in [-0.39, 0.29) is 18.6 Å². The van der Waals surface area contributed by atoms with Crippen LogP contribution >= 0.6 is 0 Å². The van der Waals surface area contributed by atoms with E-state index >= 15 is 0 Å². The summed E-state index contributed by atoms with van der Waals surface area (Å²) in [7, 11) is 0. The zero-order valence-electron chi connectivity index (χ0n) is 9.36. The van der Waals surface area contributed by atoms with Gasteiger partial charge in [0.15, 0.2) is 0 Å². The van der Waals surface area contributed by atoms with Gasteiger partial charge in [-0.05, 0) is 37.0 Å². The van der Waals surface area contributed by atoms with Gasteiger partial charge in [0, 0.05) is 19.1 Å². The van der Waals surface area contributed by atoms with Crippen LogP contribution in [0.5, 0.6) is 0 Å². The third kappa shape index (κ3) is 1.92. The van der Waals surface area contributed by atoms with E-state index in [9.17, 15) is 5.11 Å². The molecule has 1 heterocycles. The van der Waals surface area contributed by atoms with Crippen LogP contribution in [-0.2, 0) is 4.74 Å². The van der Waals surface area contributed by atoms with Crippen LogP contribution in [-0.4, -0.2) is 18.3 Å². The molecule has 0 spiro atoms. The van der Waals surface area contributed by atoms with Crippen LogP contribution in [0.1, 0.15) is 29.2 Å². The van der Waals surface area contributed by atoms with Gasteiger partial charge in [0.2, 0.25) is 0 Å². The predicted octanol–water partition coefficient (Wildman–Crippen LogP) is 2.37. The summed E-state index contributed by atoms with van der Waals surface area (Å²) in [4.78, 5) is 0. The number of rotatable bonds is 2. The van der Waals surface area contributed by atoms with Gasteiger partial charge in [-0.1, -0.05) is 18.2 Å². The minimum atomic E-state index is 0.0925. The summed E-state index contributed by atoms with van der Waals surface area (Å²) in [5.74, 6) is 0.269. The molecule has 0 saturated carbocycles. The summed E-state index contributed by atoms with van der Waals surface area (Å²) in [5, 5.41) is 9.28. The van der Waals surface area contributed by atoms with Gasteiger partial charge in [-0.2, -0.15) is 0 Å². The van der Waals surface area contributed by atoms with Crippen molar-refractivity contribution in [2.45, 2.75) is 26.4 Å². The highest BCUT2D eigenvalue weighted by molar-refractivity contribution is 5.35. The monoisotopic (exact) mass is 206 g/mol. The first-order valence-electron chi connectivity index (χ1n) is 5.52. The molecule has 2 rings (SSSR count). The number of aliphatic hydroxyl groups excluding tert-OH is 1. The number of hydrogen-bond donors (Lipinski definition) is 1. The molecule has 0 aromatic heterocycles. The maximum atomic E-state index is 9.28. The van der Waals surface area contributed by atoms with E-state index in [1.165, 1.54) is 16.7 Å². The van der Waals surface area contributed by atoms with E-state index in [1.54, 1.807) is 0 Å². The normalized spacial score (nSPS) is 25.8. The topological polar surface area (TPSA) is 29.5 Å². The maximum absolute atomic E-state index is 9.28. The number of ether oxygens (including phenoxy) is 1. The molecular formula is C13H18O2. The Morgan fingerprint density at radius 3 is 2.93 bits per heavy atom. The Hall–Kier alpha value is -0.860. The predicted molar refractivity (Wildman–Crippen MR) is 59.8 cm³/mol. The van der Waals surface area contributed by atoms with Crippen molar-refractivity contribution in [2.24, 2.45) is 5.92 Å². The molecule has 2 nitrogen and oxygen atoms in total. The van der Waals surface area contributed by atoms with Gasteiger partial charge in [0.05, 0.1) is 6.10 Å². The van der Waals surface area contributed by atoms with Crippen LogP contribution in [0, 0.1) is 19.8 Å². The lowest BCUT2D eigenvalue weighted by Crippen LogP contribution is -2.13. The Bertz CT molecular complexity index is 346. The SMILES string of the molecule is Cc1cccc(C2OCCC2CO)c1C. The molecule has 0 bridgehead atoms. The first kappa shape index (κ1) is 10.7. The highest BCUT2D eigenvalue weighted by Gasteiger charge is 2.30. The zero-order chi connectivity index (χ0) is 10.8. The Morgan fingerprint density at radius 2 is 2.20 bits per heavy atom. The van der Waals surface area contributed by atoms with Crippen molar-refractivity contribution in [2.75, 3.05) is 13.2 Å². The van der Waals surface area contributed by atoms with Crippen molar-refractivity contribution in [1.82, 2.24) is 0 Å². The van der Waals surface area contributed by atoms with Gasteiger partial charge in [-0.25, -0.2) is 0 Å². The highest BCUT2D eigenvalue weighted by Crippen LogP contribution is 2.36. The van der Waals surface area contributed by atoms with Crippen molar-refractivity contribution in [3.63, 3.8) is 0 Å². The summed E-state index contributed by atoms with van der Waals surface area (Å²) in [6.07, 6.45) is 1.06. The average Bonchev–Trinajstić information content (AvgIpc) is 2.70. The van der Waals surface area contributed by atoms with Gasteiger partial charge in [0.25, 0.3) is 0 Å². The minimum absolute atomic E-state index is 0.0925. The van der Waals surface area contributed by atoms with Crippen molar-refractivity contribution < 1.29 is 9.84 Å². The molecule has 1 aliphatic rings. The second kappa shape index (κ2) is 4.33. The fourth-order valence-corrected chi connectivity index (χ4v) is 2.25. The summed E-state index contributed by atoms with van der Waals surface area (Å²) in [6, 6.07) is 6.29. The third-order valence-electron chi connectivity index (χ3n) is 3.40. The van der Waals surface area contributed by atoms with E-state index in [4.69, 9.17) is 4.74 Å². The van der Waals surface area contributed by atoms with Crippen LogP contribution in [0.4, 0.5) is 0 Å². The summed E-state index contributed by atoms with van der Waals surface area (Å²) in [5.41, 5.74) is 3.83. The molecule has 0 radical (unpaired) electrons. The number of benzene rings is 1. The van der Waals surface area contributed by atoms with E-state index < -0.39 is 0 Å². The number of hydrogen-bond acceptors (Lipinski definition) is 2. The zero-order valence-corrected chi connectivity index (χ0v) is 9.36. The van der Waals surface area contributed by atoms with Gasteiger partial charge in [-0.3, -0.25) is 0 Å². The molecule has 0 amide bonds. The summed E-state index contributed by atoms with van der Waals surface area (Å²) in [6.45, 7) is 5.23. The quantitative estimate of drug-likeness (QED) is 0.805. The lowest BCUT2D eigenvalue weighted by molar-refractivity contribution is 0.0715. The minimum Gasteiger partial charge on any atom is -0.396 e. The first-order chi connectivity index (χ1) is 7.24. The second-order valence-corrected chi connectivity index (χ2v) is 4.31. The van der Waals surface area contributed by atoms with E-state index in [1.807, 2.05) is 0 Å². The largest absolute Gasteiger partial charge is 0.396 e. The van der Waals surface area contributed by atoms with Crippen molar-refractivity contribution in [1.29, 1.82) is 0 Å². The molecule has 2 atom stereocenters. The van der Waals surface area contributed by atoms with Crippen LogP contribution in [0.2, 0.25) is 0 Å². The van der Waals surface area contributed by atoms with Crippen LogP contribution < -0.4 is 0 Å². The standard InChI is InChI=1S/C13H18O2/c1-9-4-3-5-12(10(9)2)13-11(8-14)6-7-15-13/h3-5,11,13-14H,6-8H2,1-2H3. The van der Waals surface area contributed by atoms with Crippen molar-refractivity contribution >= 4 is 0 Å². The fourth-order valence-electron chi connectivity index (χ4n) is 2.25. The van der Waals surface area contributed by atoms with Gasteiger partial charge in [-0.15, -0.1) is 0 Å². The molecule has 0 aliphatic carbocycles. The average molecular weight is 206 g/mol. The lowest BCUT2D eigenvalue weighted by atomic mass is 9.91. The molecule has 1 aromatic carbocycles. The molecule has 2 unspecified atom stereocenters. The molecule has 82 valence electrons. The molecule has 1 fully saturated rings. The fraction of sp³-hybridized carbons (Fsp3) is 0.538. The Morgan fingerprint density at radius 1 is 1.40 bits per heavy atom. The van der Waals surface area contributed by atoms with Crippen molar-refractivity contribution in [3.8, 4) is 0 Å². The van der Waals surface area contributed by atoms with E-state index in [2.05, 4.69) is 32.0 Å². The van der Waals surface area contributed by atoms with Gasteiger partial charge in [0.1, 0.15) is 0 Å². The Balaban J connectivity index is 2.32. The highest BCUT2D eigenvalue weighted by atomic mass is 16.5. The van der Waals surface area contributed by atoms with Crippen LogP contribution in [0.15, 0.2) is 18.2 Å². The Labute approximate surface area is 90.9 Å². The van der Waals surface area contributed by atoms with E-state index in [0.717, 1.165) is 13.0 Å². The van der Waals surface area contributed by atoms with Crippen LogP contribution in [0.25, 0.3) is 0 Å². The maximum Gasteiger partial charge on any atom is 0.0878 e. The lowest BCUT2D eigenvalue weighted by Gasteiger charge is -2.19. The molecule has 1 aromatic rings. The first-order valence-corrected chi connectivity index (χ1v) is 5.52. The third-order valence-corrected chi connectivity index (χ3v) is 3.40. The van der Waals surface area contributed by atoms with E-state index in [0.29, 0.717) is 0 Å². The second-order valence-electron chi connectivity index (χ2n) is 4.31. The smallest absolute Gasteiger partial charge is 0.0878 e. The number of aryl methyl sites for hydroxylation is 1. The van der Waals surface area contributed by atoms with Gasteiger partial charge >= 0.3 is 0 Å².